The van der Waals surface area contributed by atoms with Gasteiger partial charge in [-0.05, 0) is 50.1 Å². The van der Waals surface area contributed by atoms with Gasteiger partial charge in [0.15, 0.2) is 0 Å². The SMILES string of the molecule is Cc1cc(NC(=O)C2CCCNC2)ccc1C(N)=O. The normalized spacial score (nSPS) is 18.9. The van der Waals surface area contributed by atoms with Crippen molar-refractivity contribution in [1.82, 2.24) is 5.32 Å². The molecule has 19 heavy (non-hydrogen) atoms. The Morgan fingerprint density at radius 2 is 2.21 bits per heavy atom. The van der Waals surface area contributed by atoms with Gasteiger partial charge in [0.2, 0.25) is 11.8 Å². The second-order valence-electron chi connectivity index (χ2n) is 4.93. The van der Waals surface area contributed by atoms with Crippen LogP contribution >= 0.6 is 0 Å². The summed E-state index contributed by atoms with van der Waals surface area (Å²) in [6.07, 6.45) is 1.94. The van der Waals surface area contributed by atoms with Gasteiger partial charge in [-0.2, -0.15) is 0 Å². The second-order valence-corrected chi connectivity index (χ2v) is 4.93. The Morgan fingerprint density at radius 1 is 1.42 bits per heavy atom. The summed E-state index contributed by atoms with van der Waals surface area (Å²) >= 11 is 0. The monoisotopic (exact) mass is 261 g/mol. The van der Waals surface area contributed by atoms with Crippen molar-refractivity contribution in [2.45, 2.75) is 19.8 Å². The zero-order valence-electron chi connectivity index (χ0n) is 11.0. The highest BCUT2D eigenvalue weighted by molar-refractivity contribution is 5.96. The Balaban J connectivity index is 2.04. The number of amides is 2. The number of piperidine rings is 1. The Morgan fingerprint density at radius 3 is 2.79 bits per heavy atom. The zero-order chi connectivity index (χ0) is 13.8. The molecule has 0 saturated carbocycles. The molecule has 1 fully saturated rings. The smallest absolute Gasteiger partial charge is 0.248 e. The highest BCUT2D eigenvalue weighted by atomic mass is 16.2. The molecule has 1 unspecified atom stereocenters. The molecule has 0 bridgehead atoms. The predicted octanol–water partition coefficient (Wildman–Crippen LogP) is 1.03. The topological polar surface area (TPSA) is 84.2 Å². The van der Waals surface area contributed by atoms with Crippen molar-refractivity contribution in [2.75, 3.05) is 18.4 Å². The number of benzene rings is 1. The predicted molar refractivity (Wildman–Crippen MR) is 73.9 cm³/mol. The molecule has 0 radical (unpaired) electrons. The van der Waals surface area contributed by atoms with Gasteiger partial charge in [-0.15, -0.1) is 0 Å². The summed E-state index contributed by atoms with van der Waals surface area (Å²) in [5.41, 5.74) is 7.21. The summed E-state index contributed by atoms with van der Waals surface area (Å²) in [5, 5.41) is 6.10. The van der Waals surface area contributed by atoms with E-state index in [9.17, 15) is 9.59 Å². The van der Waals surface area contributed by atoms with Crippen molar-refractivity contribution in [1.29, 1.82) is 0 Å². The highest BCUT2D eigenvalue weighted by Gasteiger charge is 2.21. The molecule has 5 nitrogen and oxygen atoms in total. The first-order chi connectivity index (χ1) is 9.08. The van der Waals surface area contributed by atoms with Crippen molar-refractivity contribution in [2.24, 2.45) is 11.7 Å². The summed E-state index contributed by atoms with van der Waals surface area (Å²) in [7, 11) is 0. The van der Waals surface area contributed by atoms with E-state index in [2.05, 4.69) is 10.6 Å². The molecule has 0 aromatic heterocycles. The molecule has 1 heterocycles. The molecule has 1 atom stereocenters. The van der Waals surface area contributed by atoms with Gasteiger partial charge in [0.25, 0.3) is 0 Å². The van der Waals surface area contributed by atoms with Gasteiger partial charge >= 0.3 is 0 Å². The first-order valence-electron chi connectivity index (χ1n) is 6.50. The van der Waals surface area contributed by atoms with Gasteiger partial charge in [-0.25, -0.2) is 0 Å². The van der Waals surface area contributed by atoms with E-state index in [0.29, 0.717) is 11.3 Å². The number of hydrogen-bond acceptors (Lipinski definition) is 3. The second kappa shape index (κ2) is 5.84. The molecular weight excluding hydrogens is 242 g/mol. The summed E-state index contributed by atoms with van der Waals surface area (Å²) in [6, 6.07) is 5.13. The largest absolute Gasteiger partial charge is 0.366 e. The minimum absolute atomic E-state index is 0.0184. The molecule has 1 aromatic carbocycles. The summed E-state index contributed by atoms with van der Waals surface area (Å²) in [4.78, 5) is 23.2. The third-order valence-electron chi connectivity index (χ3n) is 3.43. The van der Waals surface area contributed by atoms with Crippen LogP contribution in [0.2, 0.25) is 0 Å². The number of carbonyl (C=O) groups is 2. The van der Waals surface area contributed by atoms with Crippen LogP contribution in [-0.2, 0) is 4.79 Å². The minimum atomic E-state index is -0.452. The first kappa shape index (κ1) is 13.5. The molecule has 1 aliphatic rings. The summed E-state index contributed by atoms with van der Waals surface area (Å²) < 4.78 is 0. The number of nitrogens with two attached hydrogens (primary N) is 1. The third kappa shape index (κ3) is 3.32. The highest BCUT2D eigenvalue weighted by Crippen LogP contribution is 2.17. The van der Waals surface area contributed by atoms with Gasteiger partial charge in [-0.3, -0.25) is 9.59 Å². The van der Waals surface area contributed by atoms with Crippen LogP contribution in [0.4, 0.5) is 5.69 Å². The number of nitrogens with one attached hydrogen (secondary N) is 2. The van der Waals surface area contributed by atoms with Crippen molar-refractivity contribution >= 4 is 17.5 Å². The van der Waals surface area contributed by atoms with Gasteiger partial charge < -0.3 is 16.4 Å². The quantitative estimate of drug-likeness (QED) is 0.760. The minimum Gasteiger partial charge on any atom is -0.366 e. The average molecular weight is 261 g/mol. The fraction of sp³-hybridized carbons (Fsp3) is 0.429. The molecular formula is C14H19N3O2. The Hall–Kier alpha value is -1.88. The van der Waals surface area contributed by atoms with Crippen LogP contribution in [0.1, 0.15) is 28.8 Å². The lowest BCUT2D eigenvalue weighted by Gasteiger charge is -2.22. The number of aryl methyl sites for hydroxylation is 1. The number of primary amides is 1. The molecule has 102 valence electrons. The van der Waals surface area contributed by atoms with E-state index >= 15 is 0 Å². The summed E-state index contributed by atoms with van der Waals surface area (Å²) in [6.45, 7) is 3.51. The average Bonchev–Trinajstić information content (AvgIpc) is 2.39. The first-order valence-corrected chi connectivity index (χ1v) is 6.50. The number of anilines is 1. The summed E-state index contributed by atoms with van der Waals surface area (Å²) in [5.74, 6) is -0.407. The molecule has 1 saturated heterocycles. The maximum absolute atomic E-state index is 12.1. The fourth-order valence-corrected chi connectivity index (χ4v) is 2.34. The Kier molecular flexibility index (Phi) is 4.16. The number of carbonyl (C=O) groups excluding carboxylic acids is 2. The van der Waals surface area contributed by atoms with Crippen molar-refractivity contribution in [3.8, 4) is 0 Å². The molecule has 0 aliphatic carbocycles. The molecule has 5 heteroatoms. The molecule has 1 aromatic rings. The van der Waals surface area contributed by atoms with E-state index in [-0.39, 0.29) is 11.8 Å². The maximum Gasteiger partial charge on any atom is 0.248 e. The number of hydrogen-bond donors (Lipinski definition) is 3. The fourth-order valence-electron chi connectivity index (χ4n) is 2.34. The lowest BCUT2D eigenvalue weighted by Crippen LogP contribution is -2.37. The number of rotatable bonds is 3. The van der Waals surface area contributed by atoms with E-state index in [1.54, 1.807) is 25.1 Å². The Bertz CT molecular complexity index is 493. The van der Waals surface area contributed by atoms with Gasteiger partial charge in [-0.1, -0.05) is 0 Å². The van der Waals surface area contributed by atoms with Crippen molar-refractivity contribution in [3.05, 3.63) is 29.3 Å². The van der Waals surface area contributed by atoms with Crippen LogP contribution in [0.5, 0.6) is 0 Å². The maximum atomic E-state index is 12.1. The van der Waals surface area contributed by atoms with E-state index in [4.69, 9.17) is 5.73 Å². The van der Waals surface area contributed by atoms with E-state index in [1.807, 2.05) is 0 Å². The molecule has 4 N–H and O–H groups in total. The van der Waals surface area contributed by atoms with Crippen LogP contribution in [-0.4, -0.2) is 24.9 Å². The van der Waals surface area contributed by atoms with E-state index in [0.717, 1.165) is 31.5 Å². The van der Waals surface area contributed by atoms with E-state index in [1.165, 1.54) is 0 Å². The molecule has 2 rings (SSSR count). The lowest BCUT2D eigenvalue weighted by atomic mass is 9.98. The molecule has 2 amide bonds. The van der Waals surface area contributed by atoms with Gasteiger partial charge in [0.05, 0.1) is 5.92 Å². The van der Waals surface area contributed by atoms with Crippen LogP contribution < -0.4 is 16.4 Å². The van der Waals surface area contributed by atoms with Crippen LogP contribution in [0.25, 0.3) is 0 Å². The third-order valence-corrected chi connectivity index (χ3v) is 3.43. The lowest BCUT2D eigenvalue weighted by molar-refractivity contribution is -0.120. The van der Waals surface area contributed by atoms with Crippen LogP contribution in [0.3, 0.4) is 0 Å². The van der Waals surface area contributed by atoms with Crippen LogP contribution in [0, 0.1) is 12.8 Å². The van der Waals surface area contributed by atoms with Gasteiger partial charge in [0, 0.05) is 17.8 Å². The van der Waals surface area contributed by atoms with Crippen LogP contribution in [0.15, 0.2) is 18.2 Å². The van der Waals surface area contributed by atoms with Crippen molar-refractivity contribution in [3.63, 3.8) is 0 Å². The van der Waals surface area contributed by atoms with E-state index < -0.39 is 5.91 Å². The van der Waals surface area contributed by atoms with Crippen molar-refractivity contribution < 1.29 is 9.59 Å². The molecule has 1 aliphatic heterocycles. The standard InChI is InChI=1S/C14H19N3O2/c1-9-7-11(4-5-12(9)13(15)18)17-14(19)10-3-2-6-16-8-10/h4-5,7,10,16H,2-3,6,8H2,1H3,(H2,15,18)(H,17,19). The molecule has 0 spiro atoms. The Labute approximate surface area is 112 Å². The van der Waals surface area contributed by atoms with Gasteiger partial charge in [0.1, 0.15) is 0 Å². The zero-order valence-corrected chi connectivity index (χ0v) is 11.0.